The lowest BCUT2D eigenvalue weighted by molar-refractivity contribution is -0.658. The molecule has 0 bridgehead atoms. The van der Waals surface area contributed by atoms with Crippen molar-refractivity contribution in [3.8, 4) is 28.8 Å². The molecule has 0 amide bonds. The Morgan fingerprint density at radius 2 is 1.82 bits per heavy atom. The van der Waals surface area contributed by atoms with Gasteiger partial charge in [0.05, 0.1) is 31.2 Å². The molecule has 1 saturated heterocycles. The van der Waals surface area contributed by atoms with E-state index >= 15 is 0 Å². The topological polar surface area (TPSA) is 121 Å². The Morgan fingerprint density at radius 1 is 1.07 bits per heavy atom. The number of halogens is 2. The van der Waals surface area contributed by atoms with E-state index in [4.69, 9.17) is 15.0 Å². The quantitative estimate of drug-likeness (QED) is 0.187. The summed E-state index contributed by atoms with van der Waals surface area (Å²) in [5.74, 6) is 0.781. The molecule has 0 saturated carbocycles. The molecule has 1 aliphatic rings. The van der Waals surface area contributed by atoms with Crippen molar-refractivity contribution in [1.29, 1.82) is 5.53 Å². The number of nitrogens with zero attached hydrogens (tertiary/aromatic N) is 5. The highest BCUT2D eigenvalue weighted by Crippen LogP contribution is 2.26. The molecule has 0 unspecified atom stereocenters. The zero-order chi connectivity index (χ0) is 27.9. The Kier molecular flexibility index (Phi) is 8.45. The van der Waals surface area contributed by atoms with Gasteiger partial charge in [-0.05, 0) is 43.5 Å². The molecule has 0 radical (unpaired) electrons. The number of hydrogen-bond acceptors (Lipinski definition) is 9. The maximum Gasteiger partial charge on any atom is 0.392 e. The predicted octanol–water partition coefficient (Wildman–Crippen LogP) is 5.09. The molecule has 40 heavy (non-hydrogen) atoms. The molecule has 4 aromatic rings. The fourth-order valence-corrected chi connectivity index (χ4v) is 4.40. The van der Waals surface area contributed by atoms with E-state index in [1.807, 2.05) is 24.3 Å². The molecular weight excluding hydrogens is 518 g/mol. The van der Waals surface area contributed by atoms with Gasteiger partial charge in [-0.25, -0.2) is 23.3 Å². The molecule has 3 N–H and O–H groups in total. The molecule has 1 fully saturated rings. The number of aromatic nitrogens is 4. The van der Waals surface area contributed by atoms with Gasteiger partial charge in [0, 0.05) is 30.3 Å². The van der Waals surface area contributed by atoms with Crippen LogP contribution in [0.25, 0.3) is 11.4 Å². The zero-order valence-corrected chi connectivity index (χ0v) is 21.9. The van der Waals surface area contributed by atoms with Gasteiger partial charge in [0.1, 0.15) is 17.4 Å². The largest absolute Gasteiger partial charge is 0.490 e. The van der Waals surface area contributed by atoms with Crippen LogP contribution in [0.5, 0.6) is 17.4 Å². The molecule has 10 nitrogen and oxygen atoms in total. The zero-order valence-electron chi connectivity index (χ0n) is 21.9. The third-order valence-electron chi connectivity index (χ3n) is 6.45. The Hall–Kier alpha value is -4.58. The van der Waals surface area contributed by atoms with Crippen LogP contribution in [0.4, 0.5) is 20.4 Å². The fourth-order valence-electron chi connectivity index (χ4n) is 4.40. The van der Waals surface area contributed by atoms with Gasteiger partial charge in [0.15, 0.2) is 17.8 Å². The lowest BCUT2D eigenvalue weighted by Gasteiger charge is -2.22. The summed E-state index contributed by atoms with van der Waals surface area (Å²) in [6.45, 7) is 3.06. The first kappa shape index (κ1) is 27.0. The van der Waals surface area contributed by atoms with Gasteiger partial charge in [0.25, 0.3) is 5.88 Å². The van der Waals surface area contributed by atoms with Crippen LogP contribution in [-0.4, -0.2) is 34.6 Å². The molecule has 1 aliphatic heterocycles. The Morgan fingerprint density at radius 3 is 2.55 bits per heavy atom. The summed E-state index contributed by atoms with van der Waals surface area (Å²) < 4.78 is 40.2. The summed E-state index contributed by atoms with van der Waals surface area (Å²) in [6, 6.07) is 10.6. The lowest BCUT2D eigenvalue weighted by Crippen LogP contribution is -2.30. The Bertz CT molecular complexity index is 1460. The van der Waals surface area contributed by atoms with E-state index in [9.17, 15) is 8.78 Å². The van der Waals surface area contributed by atoms with Crippen molar-refractivity contribution in [1.82, 2.24) is 20.3 Å². The van der Waals surface area contributed by atoms with Crippen molar-refractivity contribution in [2.45, 2.75) is 19.4 Å². The van der Waals surface area contributed by atoms with Gasteiger partial charge in [-0.15, -0.1) is 0 Å². The normalized spacial score (nSPS) is 13.6. The minimum Gasteiger partial charge on any atom is -0.490 e. The van der Waals surface area contributed by atoms with Crippen molar-refractivity contribution in [3.05, 3.63) is 78.3 Å². The number of benzene rings is 2. The summed E-state index contributed by atoms with van der Waals surface area (Å²) >= 11 is 0. The van der Waals surface area contributed by atoms with E-state index in [1.54, 1.807) is 19.4 Å². The van der Waals surface area contributed by atoms with Crippen LogP contribution in [-0.2, 0) is 13.6 Å². The molecule has 12 heteroatoms. The minimum absolute atomic E-state index is 0.0399. The van der Waals surface area contributed by atoms with Crippen LogP contribution in [0.1, 0.15) is 18.4 Å². The molecule has 3 heterocycles. The molecule has 206 valence electrons. The van der Waals surface area contributed by atoms with E-state index < -0.39 is 11.6 Å². The first-order valence-corrected chi connectivity index (χ1v) is 12.9. The van der Waals surface area contributed by atoms with Crippen LogP contribution in [0.3, 0.4) is 0 Å². The van der Waals surface area contributed by atoms with Gasteiger partial charge < -0.3 is 20.1 Å². The number of nitrogens with one attached hydrogen (secondary N) is 3. The first-order valence-electron chi connectivity index (χ1n) is 12.9. The third kappa shape index (κ3) is 6.89. The number of anilines is 1. The highest BCUT2D eigenvalue weighted by molar-refractivity contribution is 5.57. The van der Waals surface area contributed by atoms with Crippen LogP contribution in [0, 0.1) is 23.1 Å². The number of piperidine rings is 1. The smallest absolute Gasteiger partial charge is 0.392 e. The van der Waals surface area contributed by atoms with E-state index in [2.05, 4.69) is 30.7 Å². The number of ether oxygens (including phenoxy) is 2. The highest BCUT2D eigenvalue weighted by Gasteiger charge is 2.19. The van der Waals surface area contributed by atoms with Crippen molar-refractivity contribution in [3.63, 3.8) is 0 Å². The van der Waals surface area contributed by atoms with Gasteiger partial charge >= 0.3 is 5.82 Å². The first-order chi connectivity index (χ1) is 19.5. The molecule has 0 atom stereocenters. The summed E-state index contributed by atoms with van der Waals surface area (Å²) in [5.41, 5.74) is 9.30. The predicted molar refractivity (Wildman–Crippen MR) is 143 cm³/mol. The maximum atomic E-state index is 13.6. The highest BCUT2D eigenvalue weighted by atomic mass is 19.1. The average Bonchev–Trinajstić information content (AvgIpc) is 2.95. The van der Waals surface area contributed by atoms with Crippen LogP contribution >= 0.6 is 0 Å². The van der Waals surface area contributed by atoms with Crippen molar-refractivity contribution < 1.29 is 22.8 Å². The van der Waals surface area contributed by atoms with Crippen molar-refractivity contribution >= 4 is 11.6 Å². The fraction of sp³-hybridized carbons (Fsp3) is 0.286. The minimum atomic E-state index is -0.765. The van der Waals surface area contributed by atoms with Gasteiger partial charge in [-0.3, -0.25) is 0 Å². The van der Waals surface area contributed by atoms with E-state index in [0.29, 0.717) is 30.6 Å². The summed E-state index contributed by atoms with van der Waals surface area (Å²) in [5, 5.41) is 10.1. The number of rotatable bonds is 10. The SMILES string of the molecule is C[n+]1cc(Oc2cc(F)cc(F)c2)nc(NCc2cccc(-c3ncc(OCC4CCNCC4)cn3)c2)c1N=N. The van der Waals surface area contributed by atoms with Crippen LogP contribution in [0.15, 0.2) is 66.2 Å². The second-order valence-electron chi connectivity index (χ2n) is 9.48. The summed E-state index contributed by atoms with van der Waals surface area (Å²) in [7, 11) is 1.66. The van der Waals surface area contributed by atoms with Gasteiger partial charge in [0.2, 0.25) is 5.82 Å². The van der Waals surface area contributed by atoms with Gasteiger partial charge in [-0.2, -0.15) is 4.98 Å². The monoisotopic (exact) mass is 547 g/mol. The van der Waals surface area contributed by atoms with Crippen molar-refractivity contribution in [2.75, 3.05) is 25.0 Å². The molecule has 2 aromatic heterocycles. The molecule has 0 spiro atoms. The van der Waals surface area contributed by atoms with Crippen LogP contribution < -0.4 is 24.7 Å². The van der Waals surface area contributed by atoms with E-state index in [1.165, 1.54) is 10.8 Å². The molecular formula is C28H29F2N8O2+. The number of aryl methyl sites for hydroxylation is 1. The molecule has 0 aliphatic carbocycles. The Balaban J connectivity index is 1.26. The second kappa shape index (κ2) is 12.5. The average molecular weight is 548 g/mol. The van der Waals surface area contributed by atoms with E-state index in [0.717, 1.165) is 55.3 Å². The third-order valence-corrected chi connectivity index (χ3v) is 6.45. The standard InChI is InChI=1S/C28H29F2N8O2/c1-38-16-25(40-23-11-21(29)10-22(30)12-23)36-27(28(38)37-31)33-13-19-3-2-4-20(9-19)26-34-14-24(15-35-26)39-17-18-5-7-32-8-6-18/h2-4,9-12,14-16,18,31-32H,5-8,13,17H2,1H3,(H,33,36)/q+1. The van der Waals surface area contributed by atoms with Crippen molar-refractivity contribution in [2.24, 2.45) is 18.1 Å². The van der Waals surface area contributed by atoms with E-state index in [-0.39, 0.29) is 23.3 Å². The summed E-state index contributed by atoms with van der Waals surface area (Å²) in [6.07, 6.45) is 7.07. The van der Waals surface area contributed by atoms with Gasteiger partial charge in [-0.1, -0.05) is 23.7 Å². The summed E-state index contributed by atoms with van der Waals surface area (Å²) in [4.78, 5) is 13.3. The number of hydrogen-bond donors (Lipinski definition) is 3. The molecule has 2 aromatic carbocycles. The molecule has 5 rings (SSSR count). The van der Waals surface area contributed by atoms with Crippen LogP contribution in [0.2, 0.25) is 0 Å². The lowest BCUT2D eigenvalue weighted by atomic mass is 9.99. The maximum absolute atomic E-state index is 13.6. The second-order valence-corrected chi connectivity index (χ2v) is 9.48. The Labute approximate surface area is 229 Å².